The van der Waals surface area contributed by atoms with Crippen LogP contribution in [-0.4, -0.2) is 58.3 Å². The number of rotatable bonds is 10. The van der Waals surface area contributed by atoms with Crippen LogP contribution in [0.1, 0.15) is 53.4 Å². The number of hydrogen-bond donors (Lipinski definition) is 1. The van der Waals surface area contributed by atoms with Crippen LogP contribution in [0.2, 0.25) is 0 Å². The van der Waals surface area contributed by atoms with Gasteiger partial charge < -0.3 is 9.88 Å². The van der Waals surface area contributed by atoms with Gasteiger partial charge in [0.2, 0.25) is 15.9 Å². The van der Waals surface area contributed by atoms with Crippen molar-refractivity contribution >= 4 is 27.7 Å². The fraction of sp³-hybridized carbons (Fsp3) is 0.609. The molecule has 0 bridgehead atoms. The molecule has 1 N–H and O–H groups in total. The second-order valence-corrected chi connectivity index (χ2v) is 11.3. The third-order valence-electron chi connectivity index (χ3n) is 6.28. The van der Waals surface area contributed by atoms with E-state index in [0.29, 0.717) is 42.3 Å². The van der Waals surface area contributed by atoms with Crippen LogP contribution < -0.4 is 5.32 Å². The molecule has 0 aliphatic heterocycles. The maximum atomic E-state index is 12.7. The molecule has 2 aromatic rings. The van der Waals surface area contributed by atoms with Crippen molar-refractivity contribution in [2.45, 2.75) is 76.0 Å². The first-order valence-electron chi connectivity index (χ1n) is 11.8. The Labute approximate surface area is 201 Å². The van der Waals surface area contributed by atoms with Crippen LogP contribution >= 0.6 is 11.8 Å². The van der Waals surface area contributed by atoms with Crippen molar-refractivity contribution in [2.24, 2.45) is 5.92 Å². The van der Waals surface area contributed by atoms with Crippen molar-refractivity contribution in [3.63, 3.8) is 0 Å². The molecular formula is C23H35N5O3S2. The summed E-state index contributed by atoms with van der Waals surface area (Å²) in [5.41, 5.74) is 0.787. The van der Waals surface area contributed by atoms with Gasteiger partial charge in [-0.05, 0) is 49.9 Å². The van der Waals surface area contributed by atoms with Gasteiger partial charge >= 0.3 is 0 Å². The Balaban J connectivity index is 1.69. The molecule has 1 aliphatic carbocycles. The monoisotopic (exact) mass is 493 g/mol. The zero-order valence-corrected chi connectivity index (χ0v) is 21.6. The highest BCUT2D eigenvalue weighted by molar-refractivity contribution is 7.99. The van der Waals surface area contributed by atoms with Crippen LogP contribution in [0.15, 0.2) is 34.3 Å². The van der Waals surface area contributed by atoms with E-state index >= 15 is 0 Å². The number of amides is 1. The highest BCUT2D eigenvalue weighted by Gasteiger charge is 2.24. The molecule has 1 aromatic carbocycles. The van der Waals surface area contributed by atoms with Crippen LogP contribution in [-0.2, 0) is 21.4 Å². The molecule has 33 heavy (non-hydrogen) atoms. The number of aromatic nitrogens is 3. The van der Waals surface area contributed by atoms with E-state index in [-0.39, 0.29) is 16.8 Å². The van der Waals surface area contributed by atoms with E-state index in [1.807, 2.05) is 25.3 Å². The number of hydrogen-bond acceptors (Lipinski definition) is 6. The summed E-state index contributed by atoms with van der Waals surface area (Å²) in [4.78, 5) is 12.8. The van der Waals surface area contributed by atoms with Gasteiger partial charge in [0, 0.05) is 31.2 Å². The van der Waals surface area contributed by atoms with Crippen LogP contribution in [0.4, 0.5) is 0 Å². The minimum atomic E-state index is -3.50. The first-order chi connectivity index (χ1) is 15.8. The summed E-state index contributed by atoms with van der Waals surface area (Å²) in [6.07, 6.45) is 4.63. The molecule has 8 nitrogen and oxygen atoms in total. The van der Waals surface area contributed by atoms with Crippen molar-refractivity contribution < 1.29 is 13.2 Å². The Bertz CT molecular complexity index is 1030. The highest BCUT2D eigenvalue weighted by atomic mass is 32.2. The minimum Gasteiger partial charge on any atom is -0.352 e. The van der Waals surface area contributed by atoms with Gasteiger partial charge in [-0.15, -0.1) is 10.2 Å². The number of nitrogens with zero attached hydrogens (tertiary/aromatic N) is 4. The smallest absolute Gasteiger partial charge is 0.243 e. The molecule has 1 saturated carbocycles. The lowest BCUT2D eigenvalue weighted by molar-refractivity contribution is -0.119. The molecule has 1 aliphatic rings. The number of thioether (sulfide) groups is 1. The van der Waals surface area contributed by atoms with Gasteiger partial charge in [0.1, 0.15) is 0 Å². The lowest BCUT2D eigenvalue weighted by atomic mass is 9.86. The normalized spacial score (nSPS) is 19.1. The second kappa shape index (κ2) is 11.5. The number of benzene rings is 1. The second-order valence-electron chi connectivity index (χ2n) is 8.39. The van der Waals surface area contributed by atoms with Gasteiger partial charge in [0.05, 0.1) is 10.6 Å². The molecule has 1 fully saturated rings. The maximum Gasteiger partial charge on any atom is 0.243 e. The third-order valence-corrected chi connectivity index (χ3v) is 9.31. The number of carbonyl (C=O) groups excluding carboxylic acids is 1. The third kappa shape index (κ3) is 5.96. The molecule has 1 amide bonds. The van der Waals surface area contributed by atoms with E-state index in [0.717, 1.165) is 12.0 Å². The van der Waals surface area contributed by atoms with E-state index in [9.17, 15) is 13.2 Å². The van der Waals surface area contributed by atoms with Crippen LogP contribution in [0.3, 0.4) is 0 Å². The summed E-state index contributed by atoms with van der Waals surface area (Å²) in [6, 6.07) is 7.01. The molecule has 1 heterocycles. The lowest BCUT2D eigenvalue weighted by Crippen LogP contribution is -2.41. The largest absolute Gasteiger partial charge is 0.352 e. The number of carbonyl (C=O) groups is 1. The van der Waals surface area contributed by atoms with E-state index in [2.05, 4.69) is 22.4 Å². The summed E-state index contributed by atoms with van der Waals surface area (Å²) in [6.45, 7) is 9.36. The van der Waals surface area contributed by atoms with Crippen molar-refractivity contribution in [2.75, 3.05) is 18.8 Å². The molecular weight excluding hydrogens is 458 g/mol. The Morgan fingerprint density at radius 3 is 2.39 bits per heavy atom. The molecule has 10 heteroatoms. The van der Waals surface area contributed by atoms with Gasteiger partial charge in [-0.2, -0.15) is 4.31 Å². The summed E-state index contributed by atoms with van der Waals surface area (Å²) in [7, 11) is -3.50. The molecule has 2 atom stereocenters. The summed E-state index contributed by atoms with van der Waals surface area (Å²) in [5, 5.41) is 12.5. The van der Waals surface area contributed by atoms with Crippen molar-refractivity contribution in [3.05, 3.63) is 24.3 Å². The Kier molecular flexibility index (Phi) is 8.95. The Morgan fingerprint density at radius 2 is 1.79 bits per heavy atom. The van der Waals surface area contributed by atoms with E-state index in [1.165, 1.54) is 35.3 Å². The van der Waals surface area contributed by atoms with Gasteiger partial charge in [-0.25, -0.2) is 8.42 Å². The summed E-state index contributed by atoms with van der Waals surface area (Å²) in [5.74, 6) is 1.50. The van der Waals surface area contributed by atoms with Gasteiger partial charge in [-0.1, -0.05) is 45.4 Å². The molecule has 1 aromatic heterocycles. The van der Waals surface area contributed by atoms with Crippen molar-refractivity contribution in [3.8, 4) is 11.4 Å². The van der Waals surface area contributed by atoms with Gasteiger partial charge in [0.15, 0.2) is 11.0 Å². The van der Waals surface area contributed by atoms with E-state index in [4.69, 9.17) is 0 Å². The molecule has 0 unspecified atom stereocenters. The average molecular weight is 494 g/mol. The van der Waals surface area contributed by atoms with Crippen LogP contribution in [0.25, 0.3) is 11.4 Å². The summed E-state index contributed by atoms with van der Waals surface area (Å²) < 4.78 is 28.9. The summed E-state index contributed by atoms with van der Waals surface area (Å²) >= 11 is 1.38. The van der Waals surface area contributed by atoms with Crippen LogP contribution in [0.5, 0.6) is 0 Å². The molecule has 182 valence electrons. The minimum absolute atomic E-state index is 0.0249. The zero-order valence-electron chi connectivity index (χ0n) is 20.0. The van der Waals surface area contributed by atoms with Crippen molar-refractivity contribution in [1.82, 2.24) is 24.4 Å². The molecule has 0 spiro atoms. The average Bonchev–Trinajstić information content (AvgIpc) is 3.23. The fourth-order valence-electron chi connectivity index (χ4n) is 4.29. The lowest BCUT2D eigenvalue weighted by Gasteiger charge is -2.29. The first-order valence-corrected chi connectivity index (χ1v) is 14.2. The van der Waals surface area contributed by atoms with Crippen LogP contribution in [0, 0.1) is 5.92 Å². The molecule has 0 saturated heterocycles. The standard InChI is InChI=1S/C23H35N5O3S2/c1-5-27(6-2)33(30,31)19-14-12-18(13-15-19)22-25-26-23(28(22)7-3)32-16-21(29)24-20-11-9-8-10-17(20)4/h12-15,17,20H,5-11,16H2,1-4H3,(H,24,29)/t17-,20-/m1/s1. The highest BCUT2D eigenvalue weighted by Crippen LogP contribution is 2.27. The van der Waals surface area contributed by atoms with Gasteiger partial charge in [-0.3, -0.25) is 4.79 Å². The predicted octanol–water partition coefficient (Wildman–Crippen LogP) is 3.78. The van der Waals surface area contributed by atoms with E-state index < -0.39 is 10.0 Å². The fourth-order valence-corrected chi connectivity index (χ4v) is 6.56. The first kappa shape index (κ1) is 25.7. The molecule has 3 rings (SSSR count). The quantitative estimate of drug-likeness (QED) is 0.506. The van der Waals surface area contributed by atoms with Crippen molar-refractivity contribution in [1.29, 1.82) is 0 Å². The number of sulfonamides is 1. The number of nitrogens with one attached hydrogen (secondary N) is 1. The van der Waals surface area contributed by atoms with Gasteiger partial charge in [0.25, 0.3) is 0 Å². The maximum absolute atomic E-state index is 12.7. The Hall–Kier alpha value is -1.91. The SMILES string of the molecule is CCN(CC)S(=O)(=O)c1ccc(-c2nnc(SCC(=O)N[C@@H]3CCCC[C@H]3C)n2CC)cc1. The topological polar surface area (TPSA) is 97.2 Å². The Morgan fingerprint density at radius 1 is 1.12 bits per heavy atom. The van der Waals surface area contributed by atoms with E-state index in [1.54, 1.807) is 24.3 Å². The zero-order chi connectivity index (χ0) is 24.0. The predicted molar refractivity (Wildman–Crippen MR) is 132 cm³/mol. The molecule has 0 radical (unpaired) electrons.